The lowest BCUT2D eigenvalue weighted by molar-refractivity contribution is 0.0940. The summed E-state index contributed by atoms with van der Waals surface area (Å²) in [5, 5.41) is 13.7. The van der Waals surface area contributed by atoms with Crippen LogP contribution in [-0.4, -0.2) is 10.5 Å². The van der Waals surface area contributed by atoms with Crippen LogP contribution in [0.25, 0.3) is 22.0 Å². The average molecular weight is 498 g/mol. The van der Waals surface area contributed by atoms with Crippen LogP contribution < -0.4 is 5.32 Å². The van der Waals surface area contributed by atoms with Gasteiger partial charge in [0.1, 0.15) is 0 Å². The van der Waals surface area contributed by atoms with Gasteiger partial charge in [0.2, 0.25) is 0 Å². The van der Waals surface area contributed by atoms with E-state index in [1.807, 2.05) is 43.3 Å². The molecule has 1 amide bonds. The summed E-state index contributed by atoms with van der Waals surface area (Å²) in [6.45, 7) is 9.05. The molecule has 38 heavy (non-hydrogen) atoms. The van der Waals surface area contributed by atoms with Gasteiger partial charge in [-0.1, -0.05) is 72.3 Å². The van der Waals surface area contributed by atoms with Gasteiger partial charge in [-0.15, -0.1) is 0 Å². The third-order valence-corrected chi connectivity index (χ3v) is 7.48. The third kappa shape index (κ3) is 4.84. The maximum Gasteiger partial charge on any atom is 0.251 e. The lowest BCUT2D eigenvalue weighted by Gasteiger charge is -2.15. The Balaban J connectivity index is 1.38. The van der Waals surface area contributed by atoms with Gasteiger partial charge in [-0.25, -0.2) is 0 Å². The van der Waals surface area contributed by atoms with Crippen LogP contribution in [0.4, 0.5) is 0 Å². The maximum atomic E-state index is 13.1. The number of rotatable bonds is 6. The molecular formula is C34H31N3O. The Bertz CT molecular complexity index is 1670. The minimum absolute atomic E-state index is 0.0713. The number of nitrogens with zero attached hydrogens (tertiary/aromatic N) is 2. The van der Waals surface area contributed by atoms with Gasteiger partial charge in [0.25, 0.3) is 5.91 Å². The molecule has 4 nitrogen and oxygen atoms in total. The Hall–Kier alpha value is -4.62. The van der Waals surface area contributed by atoms with Crippen LogP contribution in [0.2, 0.25) is 0 Å². The Morgan fingerprint density at radius 3 is 2.34 bits per heavy atom. The molecule has 0 radical (unpaired) electrons. The smallest absolute Gasteiger partial charge is 0.251 e. The van der Waals surface area contributed by atoms with E-state index >= 15 is 0 Å². The molecule has 5 aromatic rings. The van der Waals surface area contributed by atoms with Crippen LogP contribution in [0, 0.1) is 32.1 Å². The first-order valence-electron chi connectivity index (χ1n) is 12.9. The molecule has 1 aromatic heterocycles. The summed E-state index contributed by atoms with van der Waals surface area (Å²) < 4.78 is 2.31. The second-order valence-electron chi connectivity index (χ2n) is 9.99. The van der Waals surface area contributed by atoms with E-state index in [0.717, 1.165) is 34.1 Å². The molecular weight excluding hydrogens is 466 g/mol. The minimum atomic E-state index is -0.0747. The fourth-order valence-corrected chi connectivity index (χ4v) is 5.02. The van der Waals surface area contributed by atoms with E-state index in [1.165, 1.54) is 22.4 Å². The number of carbonyl (C=O) groups excluding carboxylic acids is 1. The molecule has 0 bridgehead atoms. The first kappa shape index (κ1) is 25.0. The highest BCUT2D eigenvalue weighted by Gasteiger charge is 2.16. The molecule has 0 aliphatic carbocycles. The second-order valence-corrected chi connectivity index (χ2v) is 9.99. The standard InChI is InChI=1S/C34H31N3O/c1-22-9-13-27(14-10-22)24(3)36-34(38)29-17-18-33-32(19-29)23(2)25(4)37(33)21-26-11-15-28(16-12-26)31-8-6-5-7-30(31)20-35/h5-19,24H,21H2,1-4H3,(H,36,38)/t24-/m0/s1. The summed E-state index contributed by atoms with van der Waals surface area (Å²) in [4.78, 5) is 13.1. The minimum Gasteiger partial charge on any atom is -0.346 e. The van der Waals surface area contributed by atoms with Crippen molar-refractivity contribution in [2.45, 2.75) is 40.3 Å². The zero-order chi connectivity index (χ0) is 26.8. The van der Waals surface area contributed by atoms with Gasteiger partial charge in [0.15, 0.2) is 0 Å². The molecule has 1 heterocycles. The van der Waals surface area contributed by atoms with Gasteiger partial charge < -0.3 is 9.88 Å². The molecule has 0 fully saturated rings. The summed E-state index contributed by atoms with van der Waals surface area (Å²) >= 11 is 0. The normalized spacial score (nSPS) is 11.8. The number of hydrogen-bond donors (Lipinski definition) is 1. The van der Waals surface area contributed by atoms with Gasteiger partial charge in [-0.3, -0.25) is 4.79 Å². The Kier molecular flexibility index (Phi) is 6.85. The number of amides is 1. The second kappa shape index (κ2) is 10.4. The predicted molar refractivity (Wildman–Crippen MR) is 154 cm³/mol. The van der Waals surface area contributed by atoms with Crippen molar-refractivity contribution in [1.82, 2.24) is 9.88 Å². The van der Waals surface area contributed by atoms with Gasteiger partial charge >= 0.3 is 0 Å². The lowest BCUT2D eigenvalue weighted by atomic mass is 9.99. The number of aromatic nitrogens is 1. The molecule has 0 saturated heterocycles. The fraction of sp³-hybridized carbons (Fsp3) is 0.176. The Morgan fingerprint density at radius 2 is 1.63 bits per heavy atom. The summed E-state index contributed by atoms with van der Waals surface area (Å²) in [5.41, 5.74) is 10.3. The van der Waals surface area contributed by atoms with E-state index in [2.05, 4.69) is 91.3 Å². The molecule has 1 N–H and O–H groups in total. The van der Waals surface area contributed by atoms with Crippen molar-refractivity contribution in [3.8, 4) is 17.2 Å². The number of aryl methyl sites for hydroxylation is 2. The van der Waals surface area contributed by atoms with Crippen LogP contribution in [-0.2, 0) is 6.54 Å². The summed E-state index contributed by atoms with van der Waals surface area (Å²) in [7, 11) is 0. The molecule has 0 saturated carbocycles. The van der Waals surface area contributed by atoms with Crippen LogP contribution in [0.5, 0.6) is 0 Å². The van der Waals surface area contributed by atoms with Gasteiger partial charge in [-0.2, -0.15) is 5.26 Å². The number of nitriles is 1. The van der Waals surface area contributed by atoms with E-state index < -0.39 is 0 Å². The van der Waals surface area contributed by atoms with Crippen molar-refractivity contribution in [1.29, 1.82) is 5.26 Å². The quantitative estimate of drug-likeness (QED) is 0.262. The highest BCUT2D eigenvalue weighted by Crippen LogP contribution is 2.29. The zero-order valence-electron chi connectivity index (χ0n) is 22.2. The van der Waals surface area contributed by atoms with Crippen molar-refractivity contribution < 1.29 is 4.79 Å². The molecule has 0 spiro atoms. The number of hydrogen-bond acceptors (Lipinski definition) is 2. The SMILES string of the molecule is Cc1ccc([C@H](C)NC(=O)c2ccc3c(c2)c(C)c(C)n3Cc2ccc(-c3ccccc3C#N)cc2)cc1. The van der Waals surface area contributed by atoms with E-state index in [-0.39, 0.29) is 11.9 Å². The van der Waals surface area contributed by atoms with Gasteiger partial charge in [-0.05, 0) is 79.8 Å². The van der Waals surface area contributed by atoms with Crippen molar-refractivity contribution in [3.63, 3.8) is 0 Å². The predicted octanol–water partition coefficient (Wildman–Crippen LogP) is 7.64. The first-order chi connectivity index (χ1) is 18.4. The highest BCUT2D eigenvalue weighted by molar-refractivity contribution is 5.99. The maximum absolute atomic E-state index is 13.1. The molecule has 188 valence electrons. The van der Waals surface area contributed by atoms with Crippen molar-refractivity contribution in [2.24, 2.45) is 0 Å². The van der Waals surface area contributed by atoms with Crippen LogP contribution >= 0.6 is 0 Å². The van der Waals surface area contributed by atoms with Crippen LogP contribution in [0.1, 0.15) is 56.8 Å². The average Bonchev–Trinajstić information content (AvgIpc) is 3.18. The van der Waals surface area contributed by atoms with Crippen molar-refractivity contribution in [2.75, 3.05) is 0 Å². The largest absolute Gasteiger partial charge is 0.346 e. The van der Waals surface area contributed by atoms with E-state index in [9.17, 15) is 10.1 Å². The zero-order valence-corrected chi connectivity index (χ0v) is 22.2. The van der Waals surface area contributed by atoms with Crippen LogP contribution in [0.15, 0.2) is 91.0 Å². The van der Waals surface area contributed by atoms with Gasteiger partial charge in [0.05, 0.1) is 17.7 Å². The third-order valence-electron chi connectivity index (χ3n) is 7.48. The summed E-state index contributed by atoms with van der Waals surface area (Å²) in [6.07, 6.45) is 0. The van der Waals surface area contributed by atoms with Crippen LogP contribution in [0.3, 0.4) is 0 Å². The first-order valence-corrected chi connectivity index (χ1v) is 12.9. The highest BCUT2D eigenvalue weighted by atomic mass is 16.1. The summed E-state index contributed by atoms with van der Waals surface area (Å²) in [6, 6.07) is 32.5. The molecule has 0 unspecified atom stereocenters. The lowest BCUT2D eigenvalue weighted by Crippen LogP contribution is -2.26. The molecule has 1 atom stereocenters. The molecule has 4 aromatic carbocycles. The Morgan fingerprint density at radius 1 is 0.921 bits per heavy atom. The molecule has 0 aliphatic rings. The number of nitrogens with one attached hydrogen (secondary N) is 1. The van der Waals surface area contributed by atoms with Gasteiger partial charge in [0, 0.05) is 28.7 Å². The van der Waals surface area contributed by atoms with E-state index in [0.29, 0.717) is 11.1 Å². The topological polar surface area (TPSA) is 57.8 Å². The van der Waals surface area contributed by atoms with E-state index in [4.69, 9.17) is 0 Å². The van der Waals surface area contributed by atoms with Crippen molar-refractivity contribution in [3.05, 3.63) is 130 Å². The number of fused-ring (bicyclic) bond motifs is 1. The van der Waals surface area contributed by atoms with E-state index in [1.54, 1.807) is 0 Å². The number of benzene rings is 4. The molecule has 0 aliphatic heterocycles. The monoisotopic (exact) mass is 497 g/mol. The molecule has 5 rings (SSSR count). The fourth-order valence-electron chi connectivity index (χ4n) is 5.02. The van der Waals surface area contributed by atoms with Crippen molar-refractivity contribution >= 4 is 16.8 Å². The summed E-state index contributed by atoms with van der Waals surface area (Å²) in [5.74, 6) is -0.0713. The Labute approximate surface area is 224 Å². The molecule has 4 heteroatoms. The number of carbonyl (C=O) groups is 1.